The molecule has 1 saturated heterocycles. The lowest BCUT2D eigenvalue weighted by atomic mass is 10.1. The molecule has 0 spiro atoms. The molecule has 1 fully saturated rings. The molecule has 3 aromatic rings. The third-order valence-corrected chi connectivity index (χ3v) is 6.26. The van der Waals surface area contributed by atoms with Gasteiger partial charge in [0, 0.05) is 49.5 Å². The molecular formula is C25H25Cl2N5O2. The van der Waals surface area contributed by atoms with Gasteiger partial charge in [-0.15, -0.1) is 0 Å². The molecular weight excluding hydrogens is 473 g/mol. The van der Waals surface area contributed by atoms with Crippen LogP contribution in [0.25, 0.3) is 0 Å². The number of hydrogen-bond acceptors (Lipinski definition) is 5. The molecule has 0 saturated carbocycles. The standard InChI is InChI=1S/C25H25Cl2N5O2/c1-16-21(7-9-24(28-16)32-12-10-31(11-13-32)17(2)33)25(34)30-20-6-8-22(27)23(15-20)29-19-5-3-4-18(26)14-19/h3-9,14-15,29H,10-13H2,1-2H3,(H,30,34). The summed E-state index contributed by atoms with van der Waals surface area (Å²) in [5.74, 6) is 0.634. The van der Waals surface area contributed by atoms with E-state index in [0.29, 0.717) is 58.9 Å². The largest absolute Gasteiger partial charge is 0.354 e. The van der Waals surface area contributed by atoms with Crippen molar-refractivity contribution < 1.29 is 9.59 Å². The third kappa shape index (κ3) is 5.61. The molecule has 2 heterocycles. The molecule has 0 unspecified atom stereocenters. The number of rotatable bonds is 5. The van der Waals surface area contributed by atoms with Crippen molar-refractivity contribution in [3.8, 4) is 0 Å². The van der Waals surface area contributed by atoms with Crippen molar-refractivity contribution in [2.24, 2.45) is 0 Å². The first-order chi connectivity index (χ1) is 16.3. The van der Waals surface area contributed by atoms with Crippen LogP contribution in [-0.4, -0.2) is 47.9 Å². The van der Waals surface area contributed by atoms with E-state index in [4.69, 9.17) is 23.2 Å². The van der Waals surface area contributed by atoms with Gasteiger partial charge in [-0.3, -0.25) is 9.59 Å². The molecule has 0 aliphatic carbocycles. The Bertz CT molecular complexity index is 1230. The van der Waals surface area contributed by atoms with Crippen LogP contribution in [-0.2, 0) is 4.79 Å². The highest BCUT2D eigenvalue weighted by Crippen LogP contribution is 2.30. The average Bonchev–Trinajstić information content (AvgIpc) is 2.81. The highest BCUT2D eigenvalue weighted by Gasteiger charge is 2.21. The number of hydrogen-bond donors (Lipinski definition) is 2. The maximum absolute atomic E-state index is 13.0. The van der Waals surface area contributed by atoms with Crippen molar-refractivity contribution in [3.05, 3.63) is 75.9 Å². The van der Waals surface area contributed by atoms with Gasteiger partial charge in [0.2, 0.25) is 5.91 Å². The molecule has 34 heavy (non-hydrogen) atoms. The lowest BCUT2D eigenvalue weighted by molar-refractivity contribution is -0.129. The first kappa shape index (κ1) is 23.9. The summed E-state index contributed by atoms with van der Waals surface area (Å²) in [6, 6.07) is 16.2. The number of benzene rings is 2. The number of aryl methyl sites for hydroxylation is 1. The van der Waals surface area contributed by atoms with Crippen molar-refractivity contribution in [2.75, 3.05) is 41.7 Å². The maximum Gasteiger partial charge on any atom is 0.257 e. The number of halogens is 2. The van der Waals surface area contributed by atoms with Crippen molar-refractivity contribution in [1.29, 1.82) is 0 Å². The maximum atomic E-state index is 13.0. The molecule has 2 amide bonds. The van der Waals surface area contributed by atoms with Gasteiger partial charge in [0.1, 0.15) is 5.82 Å². The summed E-state index contributed by atoms with van der Waals surface area (Å²) in [6.45, 7) is 6.16. The normalized spacial score (nSPS) is 13.5. The van der Waals surface area contributed by atoms with Gasteiger partial charge in [-0.1, -0.05) is 29.3 Å². The highest BCUT2D eigenvalue weighted by atomic mass is 35.5. The first-order valence-electron chi connectivity index (χ1n) is 10.9. The van der Waals surface area contributed by atoms with Gasteiger partial charge < -0.3 is 20.4 Å². The smallest absolute Gasteiger partial charge is 0.257 e. The summed E-state index contributed by atoms with van der Waals surface area (Å²) in [5.41, 5.74) is 3.16. The number of carbonyl (C=O) groups is 2. The van der Waals surface area contributed by atoms with Crippen molar-refractivity contribution in [3.63, 3.8) is 0 Å². The van der Waals surface area contributed by atoms with Crippen LogP contribution in [0.5, 0.6) is 0 Å². The van der Waals surface area contributed by atoms with Crippen LogP contribution in [0.2, 0.25) is 10.0 Å². The Morgan fingerprint density at radius 3 is 2.38 bits per heavy atom. The number of nitrogens with zero attached hydrogens (tertiary/aromatic N) is 3. The van der Waals surface area contributed by atoms with E-state index < -0.39 is 0 Å². The van der Waals surface area contributed by atoms with Crippen molar-refractivity contribution in [2.45, 2.75) is 13.8 Å². The topological polar surface area (TPSA) is 77.6 Å². The van der Waals surface area contributed by atoms with Crippen molar-refractivity contribution >= 4 is 57.9 Å². The quantitative estimate of drug-likeness (QED) is 0.495. The van der Waals surface area contributed by atoms with Gasteiger partial charge in [-0.05, 0) is 55.5 Å². The van der Waals surface area contributed by atoms with E-state index >= 15 is 0 Å². The van der Waals surface area contributed by atoms with E-state index in [-0.39, 0.29) is 11.8 Å². The van der Waals surface area contributed by atoms with Crippen LogP contribution < -0.4 is 15.5 Å². The molecule has 0 radical (unpaired) electrons. The molecule has 1 aliphatic heterocycles. The minimum Gasteiger partial charge on any atom is -0.354 e. The molecule has 4 rings (SSSR count). The minimum atomic E-state index is -0.256. The van der Waals surface area contributed by atoms with Crippen LogP contribution in [0, 0.1) is 6.92 Å². The number of nitrogens with one attached hydrogen (secondary N) is 2. The third-order valence-electron chi connectivity index (χ3n) is 5.69. The van der Waals surface area contributed by atoms with E-state index in [9.17, 15) is 9.59 Å². The SMILES string of the molecule is CC(=O)N1CCN(c2ccc(C(=O)Nc3ccc(Cl)c(Nc4cccc(Cl)c4)c3)c(C)n2)CC1. The lowest BCUT2D eigenvalue weighted by Crippen LogP contribution is -2.48. The predicted molar refractivity (Wildman–Crippen MR) is 138 cm³/mol. The second-order valence-electron chi connectivity index (χ2n) is 8.08. The van der Waals surface area contributed by atoms with Crippen LogP contribution in [0.1, 0.15) is 23.0 Å². The first-order valence-corrected chi connectivity index (χ1v) is 11.7. The number of carbonyl (C=O) groups excluding carboxylic acids is 2. The fourth-order valence-electron chi connectivity index (χ4n) is 3.83. The Kier molecular flexibility index (Phi) is 7.24. The molecule has 7 nitrogen and oxygen atoms in total. The Morgan fingerprint density at radius 1 is 0.941 bits per heavy atom. The summed E-state index contributed by atoms with van der Waals surface area (Å²) in [4.78, 5) is 33.1. The van der Waals surface area contributed by atoms with Crippen LogP contribution in [0.15, 0.2) is 54.6 Å². The minimum absolute atomic E-state index is 0.0870. The monoisotopic (exact) mass is 497 g/mol. The number of pyridine rings is 1. The van der Waals surface area contributed by atoms with Gasteiger partial charge in [0.05, 0.1) is 22.0 Å². The Balaban J connectivity index is 1.45. The second-order valence-corrected chi connectivity index (χ2v) is 8.92. The van der Waals surface area contributed by atoms with E-state index in [2.05, 4.69) is 20.5 Å². The van der Waals surface area contributed by atoms with E-state index in [0.717, 1.165) is 11.5 Å². The van der Waals surface area contributed by atoms with Gasteiger partial charge in [0.25, 0.3) is 5.91 Å². The Labute approximate surface area is 208 Å². The summed E-state index contributed by atoms with van der Waals surface area (Å²) >= 11 is 12.4. The lowest BCUT2D eigenvalue weighted by Gasteiger charge is -2.35. The van der Waals surface area contributed by atoms with Gasteiger partial charge in [0.15, 0.2) is 0 Å². The summed E-state index contributed by atoms with van der Waals surface area (Å²) < 4.78 is 0. The van der Waals surface area contributed by atoms with Crippen LogP contribution in [0.4, 0.5) is 22.9 Å². The van der Waals surface area contributed by atoms with E-state index in [1.165, 1.54) is 0 Å². The molecule has 2 aromatic carbocycles. The summed E-state index contributed by atoms with van der Waals surface area (Å²) in [6.07, 6.45) is 0. The van der Waals surface area contributed by atoms with Gasteiger partial charge in [-0.25, -0.2) is 4.98 Å². The average molecular weight is 498 g/mol. The molecule has 1 aromatic heterocycles. The molecule has 9 heteroatoms. The fourth-order valence-corrected chi connectivity index (χ4v) is 4.19. The molecule has 0 atom stereocenters. The summed E-state index contributed by atoms with van der Waals surface area (Å²) in [5, 5.41) is 7.27. The molecule has 2 N–H and O–H groups in total. The van der Waals surface area contributed by atoms with E-state index in [1.807, 2.05) is 30.0 Å². The van der Waals surface area contributed by atoms with Crippen LogP contribution in [0.3, 0.4) is 0 Å². The zero-order valence-corrected chi connectivity index (χ0v) is 20.5. The molecule has 1 aliphatic rings. The Hall–Kier alpha value is -3.29. The number of aromatic nitrogens is 1. The fraction of sp³-hybridized carbons (Fsp3) is 0.240. The van der Waals surface area contributed by atoms with Crippen molar-refractivity contribution in [1.82, 2.24) is 9.88 Å². The van der Waals surface area contributed by atoms with Gasteiger partial charge in [-0.2, -0.15) is 0 Å². The summed E-state index contributed by atoms with van der Waals surface area (Å²) in [7, 11) is 0. The van der Waals surface area contributed by atoms with E-state index in [1.54, 1.807) is 43.3 Å². The Morgan fingerprint density at radius 2 is 1.71 bits per heavy atom. The zero-order valence-electron chi connectivity index (χ0n) is 18.9. The second kappa shape index (κ2) is 10.3. The molecule has 176 valence electrons. The van der Waals surface area contributed by atoms with Crippen LogP contribution >= 0.6 is 23.2 Å². The molecule has 0 bridgehead atoms. The predicted octanol–water partition coefficient (Wildman–Crippen LogP) is 5.36. The zero-order chi connectivity index (χ0) is 24.2. The number of amides is 2. The highest BCUT2D eigenvalue weighted by molar-refractivity contribution is 6.33. The number of piperazine rings is 1. The van der Waals surface area contributed by atoms with Gasteiger partial charge >= 0.3 is 0 Å². The number of anilines is 4.